The van der Waals surface area contributed by atoms with E-state index >= 15 is 0 Å². The minimum Gasteiger partial charge on any atom is -0.295 e. The molecule has 1 amide bonds. The number of hydrogen-bond donors (Lipinski definition) is 0. The zero-order valence-corrected chi connectivity index (χ0v) is 12.2. The van der Waals surface area contributed by atoms with E-state index in [9.17, 15) is 13.6 Å². The number of anilines is 1. The van der Waals surface area contributed by atoms with Crippen molar-refractivity contribution in [3.8, 4) is 0 Å². The lowest BCUT2D eigenvalue weighted by Gasteiger charge is -2.24. The van der Waals surface area contributed by atoms with Gasteiger partial charge in [0.25, 0.3) is 0 Å². The van der Waals surface area contributed by atoms with Crippen molar-refractivity contribution in [3.05, 3.63) is 65.2 Å². The molecule has 0 N–H and O–H groups in total. The molecule has 0 aliphatic carbocycles. The summed E-state index contributed by atoms with van der Waals surface area (Å²) in [5.74, 6) is -0.494. The highest BCUT2D eigenvalue weighted by molar-refractivity contribution is 8.00. The van der Waals surface area contributed by atoms with E-state index in [1.54, 1.807) is 31.2 Å². The Morgan fingerprint density at radius 3 is 2.71 bits per heavy atom. The lowest BCUT2D eigenvalue weighted by atomic mass is 10.1. The molecule has 108 valence electrons. The zero-order chi connectivity index (χ0) is 15.0. The number of benzene rings is 2. The molecular formula is C16H13F2NOS. The highest BCUT2D eigenvalue weighted by Gasteiger charge is 2.34. The minimum atomic E-state index is -0.352. The number of amides is 1. The summed E-state index contributed by atoms with van der Waals surface area (Å²) in [4.78, 5) is 13.7. The first-order valence-electron chi connectivity index (χ1n) is 6.51. The summed E-state index contributed by atoms with van der Waals surface area (Å²) in [6.07, 6.45) is 0. The van der Waals surface area contributed by atoms with Gasteiger partial charge in [0.15, 0.2) is 0 Å². The van der Waals surface area contributed by atoms with Crippen LogP contribution in [0.15, 0.2) is 42.5 Å². The molecule has 3 rings (SSSR count). The van der Waals surface area contributed by atoms with E-state index in [0.717, 1.165) is 0 Å². The number of nitrogens with zero attached hydrogens (tertiary/aromatic N) is 1. The summed E-state index contributed by atoms with van der Waals surface area (Å²) < 4.78 is 27.1. The third-order valence-corrected chi connectivity index (χ3v) is 4.65. The Labute approximate surface area is 125 Å². The van der Waals surface area contributed by atoms with Crippen LogP contribution in [0, 0.1) is 18.6 Å². The minimum absolute atomic E-state index is 0.0995. The maximum absolute atomic E-state index is 13.7. The Bertz CT molecular complexity index is 704. The molecule has 1 heterocycles. The van der Waals surface area contributed by atoms with Crippen LogP contribution in [0.5, 0.6) is 0 Å². The smallest absolute Gasteiger partial charge is 0.238 e. The Kier molecular flexibility index (Phi) is 3.68. The Hall–Kier alpha value is -1.88. The number of thioether (sulfide) groups is 1. The van der Waals surface area contributed by atoms with Crippen LogP contribution in [-0.2, 0) is 4.79 Å². The summed E-state index contributed by atoms with van der Waals surface area (Å²) in [6, 6.07) is 10.9. The summed E-state index contributed by atoms with van der Waals surface area (Å²) in [5, 5.41) is -0.324. The van der Waals surface area contributed by atoms with Gasteiger partial charge in [-0.1, -0.05) is 18.2 Å². The van der Waals surface area contributed by atoms with Crippen molar-refractivity contribution in [1.29, 1.82) is 0 Å². The first-order valence-corrected chi connectivity index (χ1v) is 7.56. The maximum atomic E-state index is 13.7. The van der Waals surface area contributed by atoms with Gasteiger partial charge < -0.3 is 0 Å². The van der Waals surface area contributed by atoms with Crippen LogP contribution in [0.4, 0.5) is 14.5 Å². The normalized spacial score (nSPS) is 18.3. The van der Waals surface area contributed by atoms with E-state index in [4.69, 9.17) is 0 Å². The fraction of sp³-hybridized carbons (Fsp3) is 0.188. The number of rotatable bonds is 2. The van der Waals surface area contributed by atoms with Gasteiger partial charge in [-0.2, -0.15) is 0 Å². The van der Waals surface area contributed by atoms with Gasteiger partial charge in [-0.15, -0.1) is 11.8 Å². The van der Waals surface area contributed by atoms with Crippen LogP contribution in [0.25, 0.3) is 0 Å². The molecule has 1 atom stereocenters. The monoisotopic (exact) mass is 305 g/mol. The number of carbonyl (C=O) groups is 1. The first-order chi connectivity index (χ1) is 10.1. The average Bonchev–Trinajstić information content (AvgIpc) is 2.84. The summed E-state index contributed by atoms with van der Waals surface area (Å²) in [7, 11) is 0. The quantitative estimate of drug-likeness (QED) is 0.834. The maximum Gasteiger partial charge on any atom is 0.238 e. The topological polar surface area (TPSA) is 20.3 Å². The van der Waals surface area contributed by atoms with Gasteiger partial charge >= 0.3 is 0 Å². The van der Waals surface area contributed by atoms with E-state index in [2.05, 4.69) is 0 Å². The predicted molar refractivity (Wildman–Crippen MR) is 80.2 cm³/mol. The molecule has 1 fully saturated rings. The van der Waals surface area contributed by atoms with Crippen molar-refractivity contribution in [2.75, 3.05) is 10.7 Å². The predicted octanol–water partition coefficient (Wildman–Crippen LogP) is 4.05. The summed E-state index contributed by atoms with van der Waals surface area (Å²) >= 11 is 1.41. The SMILES string of the molecule is Cc1ccc(N2C(=O)CS[C@@H]2c2cccc(F)c2)cc1F. The summed E-state index contributed by atoms with van der Waals surface area (Å²) in [6.45, 7) is 1.67. The highest BCUT2D eigenvalue weighted by Crippen LogP contribution is 2.42. The Morgan fingerprint density at radius 2 is 2.00 bits per heavy atom. The van der Waals surface area contributed by atoms with Crippen LogP contribution in [-0.4, -0.2) is 11.7 Å². The molecule has 0 unspecified atom stereocenters. The number of hydrogen-bond acceptors (Lipinski definition) is 2. The van der Waals surface area contributed by atoms with Crippen molar-refractivity contribution in [1.82, 2.24) is 0 Å². The second-order valence-corrected chi connectivity index (χ2v) is 5.98. The molecule has 0 saturated carbocycles. The van der Waals surface area contributed by atoms with E-state index in [1.165, 1.54) is 34.9 Å². The van der Waals surface area contributed by atoms with Gasteiger partial charge in [0.05, 0.1) is 5.75 Å². The van der Waals surface area contributed by atoms with Gasteiger partial charge in [-0.3, -0.25) is 9.69 Å². The Morgan fingerprint density at radius 1 is 1.19 bits per heavy atom. The van der Waals surface area contributed by atoms with Crippen molar-refractivity contribution in [3.63, 3.8) is 0 Å². The lowest BCUT2D eigenvalue weighted by Crippen LogP contribution is -2.28. The molecule has 2 aromatic rings. The average molecular weight is 305 g/mol. The third-order valence-electron chi connectivity index (χ3n) is 3.44. The van der Waals surface area contributed by atoms with Crippen LogP contribution >= 0.6 is 11.8 Å². The Balaban J connectivity index is 2.01. The van der Waals surface area contributed by atoms with Crippen molar-refractivity contribution >= 4 is 23.4 Å². The van der Waals surface area contributed by atoms with Gasteiger partial charge in [-0.25, -0.2) is 8.78 Å². The van der Waals surface area contributed by atoms with Crippen LogP contribution < -0.4 is 4.90 Å². The standard InChI is InChI=1S/C16H13F2NOS/c1-10-5-6-13(8-14(10)18)19-15(20)9-21-16(19)11-3-2-4-12(17)7-11/h2-8,16H,9H2,1H3/t16-/m1/s1. The van der Waals surface area contributed by atoms with Gasteiger partial charge in [0, 0.05) is 5.69 Å². The van der Waals surface area contributed by atoms with E-state index < -0.39 is 0 Å². The molecule has 1 saturated heterocycles. The van der Waals surface area contributed by atoms with E-state index in [-0.39, 0.29) is 22.9 Å². The molecule has 2 aromatic carbocycles. The summed E-state index contributed by atoms with van der Waals surface area (Å²) in [5.41, 5.74) is 1.73. The molecule has 21 heavy (non-hydrogen) atoms. The van der Waals surface area contributed by atoms with Gasteiger partial charge in [-0.05, 0) is 42.3 Å². The molecular weight excluding hydrogens is 292 g/mol. The molecule has 0 bridgehead atoms. The number of carbonyl (C=O) groups excluding carboxylic acids is 1. The lowest BCUT2D eigenvalue weighted by molar-refractivity contribution is -0.115. The second-order valence-electron chi connectivity index (χ2n) is 4.92. The fourth-order valence-electron chi connectivity index (χ4n) is 2.34. The molecule has 1 aliphatic heterocycles. The van der Waals surface area contributed by atoms with Gasteiger partial charge in [0.1, 0.15) is 17.0 Å². The largest absolute Gasteiger partial charge is 0.295 e. The van der Waals surface area contributed by atoms with E-state index in [0.29, 0.717) is 22.6 Å². The fourth-order valence-corrected chi connectivity index (χ4v) is 3.51. The molecule has 0 aromatic heterocycles. The van der Waals surface area contributed by atoms with Crippen LogP contribution in [0.3, 0.4) is 0 Å². The highest BCUT2D eigenvalue weighted by atomic mass is 32.2. The molecule has 5 heteroatoms. The number of halogens is 2. The molecule has 0 radical (unpaired) electrons. The van der Waals surface area contributed by atoms with Crippen molar-refractivity contribution < 1.29 is 13.6 Å². The van der Waals surface area contributed by atoms with Crippen molar-refractivity contribution in [2.24, 2.45) is 0 Å². The third kappa shape index (κ3) is 2.65. The van der Waals surface area contributed by atoms with E-state index in [1.807, 2.05) is 0 Å². The van der Waals surface area contributed by atoms with Crippen LogP contribution in [0.2, 0.25) is 0 Å². The van der Waals surface area contributed by atoms with Crippen molar-refractivity contribution in [2.45, 2.75) is 12.3 Å². The molecule has 2 nitrogen and oxygen atoms in total. The number of aryl methyl sites for hydroxylation is 1. The second kappa shape index (κ2) is 5.48. The molecule has 0 spiro atoms. The van der Waals surface area contributed by atoms with Crippen LogP contribution in [0.1, 0.15) is 16.5 Å². The zero-order valence-electron chi connectivity index (χ0n) is 11.3. The molecule has 1 aliphatic rings. The van der Waals surface area contributed by atoms with Gasteiger partial charge in [0.2, 0.25) is 5.91 Å². The first kappa shape index (κ1) is 14.1.